The van der Waals surface area contributed by atoms with Gasteiger partial charge in [0.15, 0.2) is 0 Å². The minimum absolute atomic E-state index is 0.0525. The van der Waals surface area contributed by atoms with Crippen molar-refractivity contribution in [3.8, 4) is 17.0 Å². The number of carboxylic acids is 1. The Morgan fingerprint density at radius 1 is 1.35 bits per heavy atom. The van der Waals surface area contributed by atoms with Crippen molar-refractivity contribution >= 4 is 11.5 Å². The molecule has 1 aromatic carbocycles. The molecule has 0 atom stereocenters. The average molecular weight is 269 g/mol. The lowest BCUT2D eigenvalue weighted by molar-refractivity contribution is 0.0683. The van der Waals surface area contributed by atoms with Crippen LogP contribution >= 0.6 is 0 Å². The lowest BCUT2D eigenvalue weighted by atomic mass is 10.1. The summed E-state index contributed by atoms with van der Waals surface area (Å²) in [5, 5.41) is 9.23. The Kier molecular flexibility index (Phi) is 2.83. The molecule has 2 aromatic heterocycles. The van der Waals surface area contributed by atoms with Gasteiger partial charge in [0.2, 0.25) is 5.82 Å². The molecule has 3 aromatic rings. The van der Waals surface area contributed by atoms with E-state index in [1.807, 2.05) is 18.2 Å². The Balaban J connectivity index is 2.34. The molecule has 0 bridgehead atoms. The summed E-state index contributed by atoms with van der Waals surface area (Å²) in [6, 6.07) is 7.33. The molecule has 0 fully saturated rings. The van der Waals surface area contributed by atoms with Crippen molar-refractivity contribution in [3.05, 3.63) is 48.7 Å². The number of aromatic nitrogens is 3. The van der Waals surface area contributed by atoms with Gasteiger partial charge in [-0.05, 0) is 12.1 Å². The van der Waals surface area contributed by atoms with Crippen molar-refractivity contribution in [3.63, 3.8) is 0 Å². The third-order valence-corrected chi connectivity index (χ3v) is 3.00. The van der Waals surface area contributed by atoms with Crippen LogP contribution in [0.1, 0.15) is 10.6 Å². The number of hydrogen-bond acceptors (Lipinski definition) is 4. The first-order valence-corrected chi connectivity index (χ1v) is 5.91. The van der Waals surface area contributed by atoms with E-state index in [2.05, 4.69) is 9.97 Å². The molecule has 0 spiro atoms. The summed E-state index contributed by atoms with van der Waals surface area (Å²) < 4.78 is 6.80. The highest BCUT2D eigenvalue weighted by atomic mass is 16.5. The molecule has 0 radical (unpaired) electrons. The van der Waals surface area contributed by atoms with Gasteiger partial charge in [-0.25, -0.2) is 9.78 Å². The minimum atomic E-state index is -1.09. The Labute approximate surface area is 114 Å². The molecule has 0 aliphatic carbocycles. The highest BCUT2D eigenvalue weighted by Crippen LogP contribution is 2.32. The molecule has 6 nitrogen and oxygen atoms in total. The van der Waals surface area contributed by atoms with Crippen LogP contribution in [0.3, 0.4) is 0 Å². The molecule has 0 aliphatic heterocycles. The lowest BCUT2D eigenvalue weighted by Gasteiger charge is -2.05. The molecule has 20 heavy (non-hydrogen) atoms. The zero-order valence-electron chi connectivity index (χ0n) is 10.6. The van der Waals surface area contributed by atoms with E-state index in [1.165, 1.54) is 10.6 Å². The smallest absolute Gasteiger partial charge is 0.372 e. The van der Waals surface area contributed by atoms with Crippen molar-refractivity contribution in [2.45, 2.75) is 0 Å². The number of ether oxygens (including phenoxy) is 1. The van der Waals surface area contributed by atoms with E-state index in [0.717, 1.165) is 5.56 Å². The SMILES string of the molecule is COc1ccccc1-c1nc(C(=O)O)n2ccncc12. The van der Waals surface area contributed by atoms with Crippen molar-refractivity contribution in [2.24, 2.45) is 0 Å². The first-order chi connectivity index (χ1) is 9.72. The number of imidazole rings is 1. The van der Waals surface area contributed by atoms with Gasteiger partial charge in [-0.15, -0.1) is 0 Å². The lowest BCUT2D eigenvalue weighted by Crippen LogP contribution is -2.03. The standard InChI is InChI=1S/C14H11N3O3/c1-20-11-5-3-2-4-9(11)12-10-8-15-6-7-17(10)13(16-12)14(18)19/h2-8H,1H3,(H,18,19). The first-order valence-electron chi connectivity index (χ1n) is 5.91. The van der Waals surface area contributed by atoms with Crippen LogP contribution in [0.15, 0.2) is 42.9 Å². The maximum atomic E-state index is 11.3. The van der Waals surface area contributed by atoms with Crippen LogP contribution in [0.5, 0.6) is 5.75 Å². The van der Waals surface area contributed by atoms with Crippen molar-refractivity contribution < 1.29 is 14.6 Å². The topological polar surface area (TPSA) is 76.7 Å². The third-order valence-electron chi connectivity index (χ3n) is 3.00. The summed E-state index contributed by atoms with van der Waals surface area (Å²) in [6.45, 7) is 0. The fourth-order valence-corrected chi connectivity index (χ4v) is 2.13. The van der Waals surface area contributed by atoms with Crippen LogP contribution in [0, 0.1) is 0 Å². The molecule has 0 amide bonds. The number of para-hydroxylation sites is 1. The van der Waals surface area contributed by atoms with E-state index in [1.54, 1.807) is 25.6 Å². The number of rotatable bonds is 3. The van der Waals surface area contributed by atoms with Gasteiger partial charge in [0.1, 0.15) is 11.4 Å². The van der Waals surface area contributed by atoms with E-state index < -0.39 is 5.97 Å². The van der Waals surface area contributed by atoms with Crippen molar-refractivity contribution in [1.29, 1.82) is 0 Å². The quantitative estimate of drug-likeness (QED) is 0.788. The van der Waals surface area contributed by atoms with Gasteiger partial charge in [0.25, 0.3) is 0 Å². The minimum Gasteiger partial charge on any atom is -0.496 e. The van der Waals surface area contributed by atoms with Gasteiger partial charge in [0.05, 0.1) is 18.8 Å². The Hall–Kier alpha value is -2.89. The van der Waals surface area contributed by atoms with Crippen molar-refractivity contribution in [1.82, 2.24) is 14.4 Å². The molecule has 2 heterocycles. The molecule has 100 valence electrons. The van der Waals surface area contributed by atoms with E-state index in [9.17, 15) is 9.90 Å². The van der Waals surface area contributed by atoms with Gasteiger partial charge in [0, 0.05) is 18.0 Å². The van der Waals surface area contributed by atoms with Crippen LogP contribution in [0.2, 0.25) is 0 Å². The molecule has 3 rings (SSSR count). The molecule has 0 aliphatic rings. The van der Waals surface area contributed by atoms with E-state index in [0.29, 0.717) is 17.0 Å². The zero-order chi connectivity index (χ0) is 14.1. The Morgan fingerprint density at radius 2 is 2.15 bits per heavy atom. The van der Waals surface area contributed by atoms with Gasteiger partial charge >= 0.3 is 5.97 Å². The number of fused-ring (bicyclic) bond motifs is 1. The van der Waals surface area contributed by atoms with Crippen LogP contribution in [-0.2, 0) is 0 Å². The van der Waals surface area contributed by atoms with E-state index in [4.69, 9.17) is 4.74 Å². The maximum absolute atomic E-state index is 11.3. The van der Waals surface area contributed by atoms with Gasteiger partial charge < -0.3 is 9.84 Å². The highest BCUT2D eigenvalue weighted by Gasteiger charge is 2.19. The van der Waals surface area contributed by atoms with Crippen LogP contribution in [0.25, 0.3) is 16.8 Å². The molecule has 1 N–H and O–H groups in total. The van der Waals surface area contributed by atoms with Crippen LogP contribution in [0.4, 0.5) is 0 Å². The van der Waals surface area contributed by atoms with Gasteiger partial charge in [-0.2, -0.15) is 0 Å². The van der Waals surface area contributed by atoms with Gasteiger partial charge in [-0.3, -0.25) is 9.38 Å². The Morgan fingerprint density at radius 3 is 2.90 bits per heavy atom. The molecule has 0 saturated carbocycles. The molecular weight excluding hydrogens is 258 g/mol. The average Bonchev–Trinajstić information content (AvgIpc) is 2.87. The molecule has 6 heteroatoms. The summed E-state index contributed by atoms with van der Waals surface area (Å²) in [4.78, 5) is 19.5. The van der Waals surface area contributed by atoms with Gasteiger partial charge in [-0.1, -0.05) is 12.1 Å². The molecular formula is C14H11N3O3. The summed E-state index contributed by atoms with van der Waals surface area (Å²) in [5.74, 6) is -0.510. The normalized spacial score (nSPS) is 10.7. The summed E-state index contributed by atoms with van der Waals surface area (Å²) >= 11 is 0. The largest absolute Gasteiger partial charge is 0.496 e. The predicted octanol–water partition coefficient (Wildman–Crippen LogP) is 2.10. The van der Waals surface area contributed by atoms with Crippen LogP contribution in [-0.4, -0.2) is 32.6 Å². The Bertz CT molecular complexity index is 795. The summed E-state index contributed by atoms with van der Waals surface area (Å²) in [6.07, 6.45) is 4.68. The second kappa shape index (κ2) is 4.65. The second-order valence-electron chi connectivity index (χ2n) is 4.12. The van der Waals surface area contributed by atoms with Crippen molar-refractivity contribution in [2.75, 3.05) is 7.11 Å². The highest BCUT2D eigenvalue weighted by molar-refractivity contribution is 5.90. The van der Waals surface area contributed by atoms with Crippen LogP contribution < -0.4 is 4.74 Å². The number of carboxylic acid groups (broad SMARTS) is 1. The monoisotopic (exact) mass is 269 g/mol. The number of hydrogen-bond donors (Lipinski definition) is 1. The summed E-state index contributed by atoms with van der Waals surface area (Å²) in [5.41, 5.74) is 1.88. The molecule has 0 saturated heterocycles. The van der Waals surface area contributed by atoms with E-state index in [-0.39, 0.29) is 5.82 Å². The number of aromatic carboxylic acids is 1. The third kappa shape index (κ3) is 1.78. The predicted molar refractivity (Wildman–Crippen MR) is 71.9 cm³/mol. The first kappa shape index (κ1) is 12.2. The summed E-state index contributed by atoms with van der Waals surface area (Å²) in [7, 11) is 1.56. The number of carbonyl (C=O) groups is 1. The fraction of sp³-hybridized carbons (Fsp3) is 0.0714. The fourth-order valence-electron chi connectivity index (χ4n) is 2.13. The second-order valence-corrected chi connectivity index (χ2v) is 4.12. The number of nitrogens with zero attached hydrogens (tertiary/aromatic N) is 3. The van der Waals surface area contributed by atoms with E-state index >= 15 is 0 Å². The number of benzene rings is 1. The number of methoxy groups -OCH3 is 1. The molecule has 0 unspecified atom stereocenters. The zero-order valence-corrected chi connectivity index (χ0v) is 10.6. The maximum Gasteiger partial charge on any atom is 0.372 e.